The first-order valence-electron chi connectivity index (χ1n) is 7.89. The lowest BCUT2D eigenvalue weighted by Gasteiger charge is -2.20. The van der Waals surface area contributed by atoms with Crippen LogP contribution in [0.3, 0.4) is 0 Å². The predicted octanol–water partition coefficient (Wildman–Crippen LogP) is 2.60. The van der Waals surface area contributed by atoms with Crippen LogP contribution >= 0.6 is 11.6 Å². The Labute approximate surface area is 152 Å². The van der Waals surface area contributed by atoms with Gasteiger partial charge in [0.05, 0.1) is 5.02 Å². The van der Waals surface area contributed by atoms with Crippen molar-refractivity contribution in [2.75, 3.05) is 11.9 Å². The molecule has 1 saturated carbocycles. The molecule has 4 amide bonds. The van der Waals surface area contributed by atoms with E-state index in [0.29, 0.717) is 0 Å². The molecule has 1 aromatic carbocycles. The van der Waals surface area contributed by atoms with Gasteiger partial charge in [0.25, 0.3) is 5.91 Å². The fraction of sp³-hybridized carbons (Fsp3) is 0.438. The highest BCUT2D eigenvalue weighted by atomic mass is 35.5. The number of urea groups is 1. The zero-order valence-corrected chi connectivity index (χ0v) is 14.5. The van der Waals surface area contributed by atoms with E-state index in [0.717, 1.165) is 17.7 Å². The van der Waals surface area contributed by atoms with Crippen molar-refractivity contribution in [3.05, 3.63) is 23.2 Å². The molecular formula is C16H16ClF2N3O4. The third-order valence-corrected chi connectivity index (χ3v) is 4.72. The molecule has 0 spiro atoms. The number of carbonyl (C=O) groups is 3. The molecule has 10 heteroatoms. The van der Waals surface area contributed by atoms with Crippen molar-refractivity contribution in [2.24, 2.45) is 5.92 Å². The fourth-order valence-corrected chi connectivity index (χ4v) is 3.14. The second kappa shape index (κ2) is 6.71. The summed E-state index contributed by atoms with van der Waals surface area (Å²) >= 11 is 5.81. The lowest BCUT2D eigenvalue weighted by molar-refractivity contribution is -0.134. The topological polar surface area (TPSA) is 87.7 Å². The minimum absolute atomic E-state index is 0.0909. The van der Waals surface area contributed by atoms with E-state index < -0.39 is 36.5 Å². The fourth-order valence-electron chi connectivity index (χ4n) is 2.91. The van der Waals surface area contributed by atoms with Gasteiger partial charge in [0.2, 0.25) is 5.91 Å². The van der Waals surface area contributed by atoms with E-state index >= 15 is 0 Å². The van der Waals surface area contributed by atoms with Crippen molar-refractivity contribution in [1.29, 1.82) is 0 Å². The molecule has 0 radical (unpaired) electrons. The number of alkyl halides is 2. The number of carbonyl (C=O) groups excluding carboxylic acids is 3. The highest BCUT2D eigenvalue weighted by Crippen LogP contribution is 2.42. The van der Waals surface area contributed by atoms with E-state index in [9.17, 15) is 23.2 Å². The highest BCUT2D eigenvalue weighted by molar-refractivity contribution is 6.32. The Morgan fingerprint density at radius 2 is 2.15 bits per heavy atom. The Kier molecular flexibility index (Phi) is 4.74. The van der Waals surface area contributed by atoms with Gasteiger partial charge in [-0.1, -0.05) is 11.6 Å². The summed E-state index contributed by atoms with van der Waals surface area (Å²) in [6.07, 6.45) is 1.71. The first-order valence-corrected chi connectivity index (χ1v) is 8.27. The number of halogens is 3. The van der Waals surface area contributed by atoms with Crippen LogP contribution in [0, 0.1) is 5.92 Å². The van der Waals surface area contributed by atoms with Crippen LogP contribution in [0.15, 0.2) is 18.2 Å². The number of nitrogens with zero attached hydrogens (tertiary/aromatic N) is 1. The molecule has 1 saturated heterocycles. The maximum Gasteiger partial charge on any atom is 0.387 e. The van der Waals surface area contributed by atoms with Gasteiger partial charge in [-0.3, -0.25) is 14.5 Å². The Morgan fingerprint density at radius 1 is 1.46 bits per heavy atom. The molecule has 26 heavy (non-hydrogen) atoms. The van der Waals surface area contributed by atoms with Crippen molar-refractivity contribution >= 4 is 35.1 Å². The van der Waals surface area contributed by atoms with Crippen LogP contribution in [-0.2, 0) is 9.59 Å². The van der Waals surface area contributed by atoms with Crippen LogP contribution in [0.4, 0.5) is 19.3 Å². The number of hydrogen-bond donors (Lipinski definition) is 2. The Morgan fingerprint density at radius 3 is 2.73 bits per heavy atom. The zero-order chi connectivity index (χ0) is 19.1. The van der Waals surface area contributed by atoms with E-state index in [4.69, 9.17) is 11.6 Å². The molecule has 1 aliphatic carbocycles. The van der Waals surface area contributed by atoms with Crippen LogP contribution in [0.5, 0.6) is 5.75 Å². The molecule has 2 N–H and O–H groups in total. The third-order valence-electron chi connectivity index (χ3n) is 4.43. The van der Waals surface area contributed by atoms with E-state index in [1.165, 1.54) is 18.2 Å². The molecule has 140 valence electrons. The number of nitrogens with one attached hydrogen (secondary N) is 2. The summed E-state index contributed by atoms with van der Waals surface area (Å²) in [6, 6.07) is 3.12. The minimum atomic E-state index is -3.02. The summed E-state index contributed by atoms with van der Waals surface area (Å²) in [5, 5.41) is 5.00. The van der Waals surface area contributed by atoms with Gasteiger partial charge in [-0.25, -0.2) is 4.79 Å². The van der Waals surface area contributed by atoms with Crippen molar-refractivity contribution in [3.63, 3.8) is 0 Å². The predicted molar refractivity (Wildman–Crippen MR) is 88.1 cm³/mol. The number of hydrogen-bond acceptors (Lipinski definition) is 4. The van der Waals surface area contributed by atoms with E-state index in [1.54, 1.807) is 6.92 Å². The lowest BCUT2D eigenvalue weighted by Crippen LogP contribution is -2.46. The van der Waals surface area contributed by atoms with Crippen molar-refractivity contribution < 1.29 is 27.9 Å². The van der Waals surface area contributed by atoms with Gasteiger partial charge >= 0.3 is 12.6 Å². The standard InChI is InChI=1S/C16H16ClF2N3O4/c1-16(8-2-3-8)13(24)22(15(25)21-16)7-12(23)20-9-4-5-11(10(17)6-9)26-14(18)19/h4-6,8,14H,2-3,7H2,1H3,(H,20,23)(H,21,25)/t16-/m0/s1. The SMILES string of the molecule is C[C@@]1(C2CC2)NC(=O)N(CC(=O)Nc2ccc(OC(F)F)c(Cl)c2)C1=O. The maximum absolute atomic E-state index is 12.5. The molecular weight excluding hydrogens is 372 g/mol. The second-order valence-corrected chi connectivity index (χ2v) is 6.78. The van der Waals surface area contributed by atoms with Gasteiger partial charge in [-0.15, -0.1) is 0 Å². The summed E-state index contributed by atoms with van der Waals surface area (Å²) in [7, 11) is 0. The third kappa shape index (κ3) is 3.57. The summed E-state index contributed by atoms with van der Waals surface area (Å²) in [4.78, 5) is 37.5. The molecule has 2 fully saturated rings. The molecule has 1 aromatic rings. The van der Waals surface area contributed by atoms with Gasteiger partial charge in [0, 0.05) is 5.69 Å². The maximum atomic E-state index is 12.5. The number of anilines is 1. The average molecular weight is 388 g/mol. The smallest absolute Gasteiger partial charge is 0.387 e. The van der Waals surface area contributed by atoms with Gasteiger partial charge in [-0.2, -0.15) is 8.78 Å². The van der Waals surface area contributed by atoms with Gasteiger partial charge < -0.3 is 15.4 Å². The quantitative estimate of drug-likeness (QED) is 0.734. The molecule has 1 heterocycles. The first-order chi connectivity index (χ1) is 12.2. The van der Waals surface area contributed by atoms with Crippen LogP contribution in [0.2, 0.25) is 5.02 Å². The molecule has 1 aliphatic heterocycles. The Bertz CT molecular complexity index is 772. The summed E-state index contributed by atoms with van der Waals surface area (Å²) in [5.74, 6) is -1.19. The van der Waals surface area contributed by atoms with Crippen LogP contribution in [0.1, 0.15) is 19.8 Å². The van der Waals surface area contributed by atoms with Crippen LogP contribution in [0.25, 0.3) is 0 Å². The monoisotopic (exact) mass is 387 g/mol. The zero-order valence-electron chi connectivity index (χ0n) is 13.7. The molecule has 0 bridgehead atoms. The molecule has 1 atom stereocenters. The molecule has 0 aromatic heterocycles. The number of ether oxygens (including phenoxy) is 1. The summed E-state index contributed by atoms with van der Waals surface area (Å²) in [6.45, 7) is -1.82. The van der Waals surface area contributed by atoms with Gasteiger partial charge in [0.15, 0.2) is 0 Å². The lowest BCUT2D eigenvalue weighted by atomic mass is 9.96. The summed E-state index contributed by atoms with van der Waals surface area (Å²) < 4.78 is 28.6. The highest BCUT2D eigenvalue weighted by Gasteiger charge is 2.56. The van der Waals surface area contributed by atoms with Crippen molar-refractivity contribution in [3.8, 4) is 5.75 Å². The number of amides is 4. The average Bonchev–Trinajstić information content (AvgIpc) is 3.36. The number of imide groups is 1. The van der Waals surface area contributed by atoms with Crippen molar-refractivity contribution in [1.82, 2.24) is 10.2 Å². The van der Waals surface area contributed by atoms with Gasteiger partial charge in [0.1, 0.15) is 17.8 Å². The molecule has 2 aliphatic rings. The largest absolute Gasteiger partial charge is 0.433 e. The van der Waals surface area contributed by atoms with E-state index in [2.05, 4.69) is 15.4 Å². The van der Waals surface area contributed by atoms with Crippen LogP contribution < -0.4 is 15.4 Å². The molecule has 0 unspecified atom stereocenters. The van der Waals surface area contributed by atoms with Gasteiger partial charge in [-0.05, 0) is 43.9 Å². The first kappa shape index (κ1) is 18.4. The Hall–Kier alpha value is -2.42. The summed E-state index contributed by atoms with van der Waals surface area (Å²) in [5.41, 5.74) is -0.742. The van der Waals surface area contributed by atoms with E-state index in [1.807, 2.05) is 0 Å². The number of benzene rings is 1. The Balaban J connectivity index is 1.63. The minimum Gasteiger partial charge on any atom is -0.433 e. The normalized spacial score (nSPS) is 22.6. The molecule has 7 nitrogen and oxygen atoms in total. The van der Waals surface area contributed by atoms with E-state index in [-0.39, 0.29) is 22.4 Å². The molecule has 3 rings (SSSR count). The van der Waals surface area contributed by atoms with Crippen molar-refractivity contribution in [2.45, 2.75) is 31.9 Å². The number of rotatable bonds is 6. The second-order valence-electron chi connectivity index (χ2n) is 6.37. The van der Waals surface area contributed by atoms with Crippen LogP contribution in [-0.4, -0.2) is 41.4 Å².